The van der Waals surface area contributed by atoms with E-state index in [1.165, 1.54) is 6.07 Å². The van der Waals surface area contributed by atoms with Gasteiger partial charge in [-0.2, -0.15) is 0 Å². The summed E-state index contributed by atoms with van der Waals surface area (Å²) in [5.41, 5.74) is -0.423. The molecule has 1 aromatic rings. The van der Waals surface area contributed by atoms with E-state index in [0.717, 1.165) is 38.9 Å². The Kier molecular flexibility index (Phi) is 3.71. The van der Waals surface area contributed by atoms with Gasteiger partial charge < -0.3 is 14.4 Å². The summed E-state index contributed by atoms with van der Waals surface area (Å²) in [6.45, 7) is 5.65. The number of piperazine rings is 1. The fourth-order valence-corrected chi connectivity index (χ4v) is 2.77. The predicted octanol–water partition coefficient (Wildman–Crippen LogP) is 0.646. The van der Waals surface area contributed by atoms with Gasteiger partial charge in [0.1, 0.15) is 12.0 Å². The van der Waals surface area contributed by atoms with Gasteiger partial charge in [0.05, 0.1) is 6.54 Å². The van der Waals surface area contributed by atoms with Crippen molar-refractivity contribution in [1.82, 2.24) is 9.80 Å². The Morgan fingerprint density at radius 1 is 1.38 bits per heavy atom. The fraction of sp³-hybridized carbons (Fsp3) is 0.600. The molecule has 3 rings (SSSR count). The smallest absolute Gasteiger partial charge is 0.226 e. The minimum absolute atomic E-state index is 0.242. The molecule has 0 radical (unpaired) electrons. The molecule has 2 heterocycles. The molecule has 6 nitrogen and oxygen atoms in total. The number of aromatic hydroxyl groups is 1. The molecule has 1 N–H and O–H groups in total. The van der Waals surface area contributed by atoms with Crippen molar-refractivity contribution in [2.75, 3.05) is 26.2 Å². The van der Waals surface area contributed by atoms with Crippen LogP contribution in [0.5, 0.6) is 5.75 Å². The largest absolute Gasteiger partial charge is 0.502 e. The average molecular weight is 292 g/mol. The summed E-state index contributed by atoms with van der Waals surface area (Å²) < 4.78 is 5.21. The third kappa shape index (κ3) is 3.10. The third-order valence-electron chi connectivity index (χ3n) is 4.36. The van der Waals surface area contributed by atoms with Crippen molar-refractivity contribution >= 4 is 5.91 Å². The highest BCUT2D eigenvalue weighted by Gasteiger charge is 2.41. The Balaban J connectivity index is 1.52. The van der Waals surface area contributed by atoms with Crippen LogP contribution in [0.4, 0.5) is 0 Å². The summed E-state index contributed by atoms with van der Waals surface area (Å²) >= 11 is 0. The van der Waals surface area contributed by atoms with Gasteiger partial charge in [0.2, 0.25) is 11.3 Å². The molecular weight excluding hydrogens is 272 g/mol. The molecule has 1 aliphatic carbocycles. The zero-order valence-electron chi connectivity index (χ0n) is 12.1. The minimum Gasteiger partial charge on any atom is -0.502 e. The Labute approximate surface area is 123 Å². The molecular formula is C15H20N2O4. The predicted molar refractivity (Wildman–Crippen MR) is 75.8 cm³/mol. The van der Waals surface area contributed by atoms with Crippen LogP contribution in [0, 0.1) is 11.8 Å². The van der Waals surface area contributed by atoms with E-state index >= 15 is 0 Å². The second-order valence-corrected chi connectivity index (χ2v) is 6.02. The highest BCUT2D eigenvalue weighted by molar-refractivity contribution is 5.81. The van der Waals surface area contributed by atoms with Gasteiger partial charge in [-0.3, -0.25) is 14.5 Å². The van der Waals surface area contributed by atoms with E-state index < -0.39 is 5.43 Å². The normalized spacial score (nSPS) is 25.9. The molecule has 6 heteroatoms. The summed E-state index contributed by atoms with van der Waals surface area (Å²) in [4.78, 5) is 27.6. The molecule has 1 aliphatic heterocycles. The van der Waals surface area contributed by atoms with Gasteiger partial charge in [-0.1, -0.05) is 6.92 Å². The molecule has 1 aromatic heterocycles. The number of carbonyl (C=O) groups is 1. The molecule has 0 unspecified atom stereocenters. The summed E-state index contributed by atoms with van der Waals surface area (Å²) in [6.07, 6.45) is 2.10. The first-order chi connectivity index (χ1) is 10.0. The van der Waals surface area contributed by atoms with Crippen LogP contribution < -0.4 is 5.43 Å². The van der Waals surface area contributed by atoms with Crippen LogP contribution >= 0.6 is 0 Å². The van der Waals surface area contributed by atoms with Gasteiger partial charge >= 0.3 is 0 Å². The highest BCUT2D eigenvalue weighted by atomic mass is 16.4. The number of carbonyl (C=O) groups excluding carboxylic acids is 1. The van der Waals surface area contributed by atoms with Gasteiger partial charge in [-0.15, -0.1) is 0 Å². The monoisotopic (exact) mass is 292 g/mol. The van der Waals surface area contributed by atoms with Crippen molar-refractivity contribution in [3.05, 3.63) is 28.3 Å². The molecule has 1 saturated heterocycles. The second kappa shape index (κ2) is 5.52. The van der Waals surface area contributed by atoms with E-state index in [4.69, 9.17) is 9.52 Å². The summed E-state index contributed by atoms with van der Waals surface area (Å²) in [5, 5.41) is 9.16. The molecule has 0 aromatic carbocycles. The van der Waals surface area contributed by atoms with Gasteiger partial charge in [0, 0.05) is 38.2 Å². The number of hydrogen-bond donors (Lipinski definition) is 1. The molecule has 2 fully saturated rings. The molecule has 1 amide bonds. The molecule has 2 aliphatic rings. The van der Waals surface area contributed by atoms with E-state index in [1.54, 1.807) is 0 Å². The Morgan fingerprint density at radius 3 is 2.62 bits per heavy atom. The second-order valence-electron chi connectivity index (χ2n) is 6.02. The van der Waals surface area contributed by atoms with Gasteiger partial charge in [-0.25, -0.2) is 0 Å². The lowest BCUT2D eigenvalue weighted by Crippen LogP contribution is -2.48. The average Bonchev–Trinajstić information content (AvgIpc) is 3.20. The van der Waals surface area contributed by atoms with E-state index in [2.05, 4.69) is 11.8 Å². The zero-order chi connectivity index (χ0) is 15.0. The Bertz CT molecular complexity index is 590. The summed E-state index contributed by atoms with van der Waals surface area (Å²) in [7, 11) is 0. The Morgan fingerprint density at radius 2 is 2.05 bits per heavy atom. The maximum absolute atomic E-state index is 12.1. The molecule has 0 spiro atoms. The first kappa shape index (κ1) is 14.1. The van der Waals surface area contributed by atoms with Crippen molar-refractivity contribution in [3.8, 4) is 5.75 Å². The molecule has 1 saturated carbocycles. The van der Waals surface area contributed by atoms with Gasteiger partial charge in [0.15, 0.2) is 5.75 Å². The maximum Gasteiger partial charge on any atom is 0.226 e. The lowest BCUT2D eigenvalue weighted by atomic mass is 10.2. The standard InChI is InChI=1S/C15H20N2O4/c1-10-6-12(10)15(20)17-4-2-16(3-5-17)8-11-7-13(18)14(19)9-21-11/h7,9-10,12,19H,2-6,8H2,1H3/t10-,12-/m1/s1. The topological polar surface area (TPSA) is 74.0 Å². The quantitative estimate of drug-likeness (QED) is 0.885. The number of hydrogen-bond acceptors (Lipinski definition) is 5. The lowest BCUT2D eigenvalue weighted by molar-refractivity contribution is -0.134. The van der Waals surface area contributed by atoms with Crippen molar-refractivity contribution in [2.24, 2.45) is 11.8 Å². The van der Waals surface area contributed by atoms with Crippen LogP contribution in [0.3, 0.4) is 0 Å². The van der Waals surface area contributed by atoms with E-state index in [9.17, 15) is 9.59 Å². The molecule has 2 atom stereocenters. The third-order valence-corrected chi connectivity index (χ3v) is 4.36. The highest BCUT2D eigenvalue weighted by Crippen LogP contribution is 2.39. The van der Waals surface area contributed by atoms with Crippen LogP contribution in [0.25, 0.3) is 0 Å². The Hall–Kier alpha value is -1.82. The molecule has 114 valence electrons. The van der Waals surface area contributed by atoms with Crippen LogP contribution in [0.1, 0.15) is 19.1 Å². The van der Waals surface area contributed by atoms with Crippen LogP contribution in [0.15, 0.2) is 21.5 Å². The minimum atomic E-state index is -0.423. The first-order valence-electron chi connectivity index (χ1n) is 7.36. The van der Waals surface area contributed by atoms with Crippen LogP contribution in [-0.4, -0.2) is 47.0 Å². The number of nitrogens with zero attached hydrogens (tertiary/aromatic N) is 2. The van der Waals surface area contributed by atoms with Crippen molar-refractivity contribution in [2.45, 2.75) is 19.9 Å². The van der Waals surface area contributed by atoms with Crippen molar-refractivity contribution in [3.63, 3.8) is 0 Å². The van der Waals surface area contributed by atoms with Gasteiger partial charge in [-0.05, 0) is 12.3 Å². The van der Waals surface area contributed by atoms with Crippen LogP contribution in [0.2, 0.25) is 0 Å². The van der Waals surface area contributed by atoms with Crippen molar-refractivity contribution in [1.29, 1.82) is 0 Å². The summed E-state index contributed by atoms with van der Waals surface area (Å²) in [5.74, 6) is 1.24. The first-order valence-corrected chi connectivity index (χ1v) is 7.36. The molecule has 0 bridgehead atoms. The SMILES string of the molecule is C[C@@H]1C[C@H]1C(=O)N1CCN(Cc2cc(=O)c(O)co2)CC1. The van der Waals surface area contributed by atoms with E-state index in [-0.39, 0.29) is 11.7 Å². The molecule has 21 heavy (non-hydrogen) atoms. The van der Waals surface area contributed by atoms with Crippen molar-refractivity contribution < 1.29 is 14.3 Å². The maximum atomic E-state index is 12.1. The van der Waals surface area contributed by atoms with E-state index in [0.29, 0.717) is 24.1 Å². The summed E-state index contributed by atoms with van der Waals surface area (Å²) in [6, 6.07) is 1.32. The fourth-order valence-electron chi connectivity index (χ4n) is 2.77. The van der Waals surface area contributed by atoms with Crippen LogP contribution in [-0.2, 0) is 11.3 Å². The van der Waals surface area contributed by atoms with Gasteiger partial charge in [0.25, 0.3) is 0 Å². The number of amides is 1. The zero-order valence-corrected chi connectivity index (χ0v) is 12.1. The van der Waals surface area contributed by atoms with E-state index in [1.807, 2.05) is 4.90 Å². The number of rotatable bonds is 3. The lowest BCUT2D eigenvalue weighted by Gasteiger charge is -2.34.